The first-order chi connectivity index (χ1) is 20.0. The molecule has 4 unspecified atom stereocenters. The van der Waals surface area contributed by atoms with E-state index in [4.69, 9.17) is 9.47 Å². The molecular formula is C38H70O6. The minimum absolute atomic E-state index is 0.0234. The molecule has 6 heteroatoms. The third kappa shape index (κ3) is 11.9. The fourth-order valence-corrected chi connectivity index (χ4v) is 8.05. The summed E-state index contributed by atoms with van der Waals surface area (Å²) in [5.41, 5.74) is 0.0938. The van der Waals surface area contributed by atoms with Gasteiger partial charge in [-0.15, -0.1) is 0 Å². The van der Waals surface area contributed by atoms with E-state index in [1.165, 1.54) is 0 Å². The van der Waals surface area contributed by atoms with Gasteiger partial charge in [-0.1, -0.05) is 83.1 Å². The molecule has 0 bridgehead atoms. The molecule has 0 aromatic heterocycles. The first kappa shape index (κ1) is 39.0. The van der Waals surface area contributed by atoms with Crippen LogP contribution < -0.4 is 0 Å². The zero-order chi connectivity index (χ0) is 33.7. The van der Waals surface area contributed by atoms with Gasteiger partial charge < -0.3 is 19.7 Å². The number of carbonyl (C=O) groups excluding carboxylic acids is 2. The SMILES string of the molecule is CC(C)(C)C1CC(CCC(=O)OCCCCOC(=O)CCC2CC(C(C)(C)C)C(O)C(C(C)(C)C)C2)CC(C(C)(C)C)C1O. The Labute approximate surface area is 270 Å². The van der Waals surface area contributed by atoms with E-state index in [9.17, 15) is 19.8 Å². The maximum absolute atomic E-state index is 12.5. The smallest absolute Gasteiger partial charge is 0.305 e. The number of hydrogen-bond donors (Lipinski definition) is 2. The van der Waals surface area contributed by atoms with Crippen molar-refractivity contribution in [1.29, 1.82) is 0 Å². The predicted octanol–water partition coefficient (Wildman–Crippen LogP) is 8.60. The zero-order valence-corrected chi connectivity index (χ0v) is 30.6. The molecule has 0 heterocycles. The van der Waals surface area contributed by atoms with E-state index in [-0.39, 0.29) is 69.5 Å². The minimum Gasteiger partial charge on any atom is -0.466 e. The van der Waals surface area contributed by atoms with Gasteiger partial charge in [-0.2, -0.15) is 0 Å². The lowest BCUT2D eigenvalue weighted by atomic mass is 9.58. The first-order valence-corrected chi connectivity index (χ1v) is 17.7. The largest absolute Gasteiger partial charge is 0.466 e. The van der Waals surface area contributed by atoms with Crippen molar-refractivity contribution >= 4 is 11.9 Å². The molecule has 258 valence electrons. The highest BCUT2D eigenvalue weighted by atomic mass is 16.5. The summed E-state index contributed by atoms with van der Waals surface area (Å²) in [7, 11) is 0. The number of esters is 2. The fraction of sp³-hybridized carbons (Fsp3) is 0.947. The van der Waals surface area contributed by atoms with Crippen LogP contribution in [0.1, 0.15) is 147 Å². The van der Waals surface area contributed by atoms with E-state index in [1.54, 1.807) is 0 Å². The lowest BCUT2D eigenvalue weighted by Gasteiger charge is -2.49. The molecule has 2 aliphatic carbocycles. The van der Waals surface area contributed by atoms with Crippen LogP contribution in [0.5, 0.6) is 0 Å². The van der Waals surface area contributed by atoms with Crippen molar-refractivity contribution in [1.82, 2.24) is 0 Å². The van der Waals surface area contributed by atoms with Gasteiger partial charge in [0.1, 0.15) is 0 Å². The van der Waals surface area contributed by atoms with E-state index in [0.717, 1.165) is 38.5 Å². The van der Waals surface area contributed by atoms with E-state index < -0.39 is 0 Å². The van der Waals surface area contributed by atoms with Crippen molar-refractivity contribution in [2.45, 2.75) is 160 Å². The van der Waals surface area contributed by atoms with Crippen LogP contribution in [0.25, 0.3) is 0 Å². The van der Waals surface area contributed by atoms with Gasteiger partial charge in [0.15, 0.2) is 0 Å². The number of aliphatic hydroxyl groups is 2. The number of unbranched alkanes of at least 4 members (excludes halogenated alkanes) is 1. The highest BCUT2D eigenvalue weighted by Crippen LogP contribution is 2.50. The molecule has 2 fully saturated rings. The third-order valence-electron chi connectivity index (χ3n) is 11.0. The summed E-state index contributed by atoms with van der Waals surface area (Å²) in [5, 5.41) is 22.3. The molecule has 0 saturated heterocycles. The molecule has 6 nitrogen and oxygen atoms in total. The first-order valence-electron chi connectivity index (χ1n) is 17.7. The Morgan fingerprint density at radius 3 is 1.00 bits per heavy atom. The van der Waals surface area contributed by atoms with E-state index >= 15 is 0 Å². The van der Waals surface area contributed by atoms with Gasteiger partial charge in [0.2, 0.25) is 0 Å². The lowest BCUT2D eigenvalue weighted by Crippen LogP contribution is -2.47. The van der Waals surface area contributed by atoms with E-state index in [0.29, 0.717) is 50.7 Å². The second-order valence-electron chi connectivity index (χ2n) is 18.8. The molecule has 0 spiro atoms. The maximum atomic E-state index is 12.5. The Hall–Kier alpha value is -1.14. The van der Waals surface area contributed by atoms with Crippen molar-refractivity contribution in [3.05, 3.63) is 0 Å². The van der Waals surface area contributed by atoms with Crippen LogP contribution in [0.2, 0.25) is 0 Å². The highest BCUT2D eigenvalue weighted by Gasteiger charge is 2.47. The molecule has 0 amide bonds. The van der Waals surface area contributed by atoms with Crippen LogP contribution in [0, 0.1) is 57.2 Å². The highest BCUT2D eigenvalue weighted by molar-refractivity contribution is 5.69. The molecule has 2 aliphatic rings. The second-order valence-corrected chi connectivity index (χ2v) is 18.8. The van der Waals surface area contributed by atoms with E-state index in [2.05, 4.69) is 83.1 Å². The molecule has 44 heavy (non-hydrogen) atoms. The van der Waals surface area contributed by atoms with Gasteiger partial charge in [-0.3, -0.25) is 9.59 Å². The molecule has 4 atom stereocenters. The van der Waals surface area contributed by atoms with Crippen LogP contribution in [-0.4, -0.2) is 47.6 Å². The zero-order valence-electron chi connectivity index (χ0n) is 30.6. The lowest BCUT2D eigenvalue weighted by molar-refractivity contribution is -0.147. The summed E-state index contributed by atoms with van der Waals surface area (Å²) in [5.74, 6) is 1.40. The Morgan fingerprint density at radius 1 is 0.523 bits per heavy atom. The number of ether oxygens (including phenoxy) is 2. The van der Waals surface area contributed by atoms with Crippen molar-refractivity contribution in [3.8, 4) is 0 Å². The maximum Gasteiger partial charge on any atom is 0.305 e. The topological polar surface area (TPSA) is 93.1 Å². The number of aliphatic hydroxyl groups excluding tert-OH is 2. The Kier molecular flexibility index (Phi) is 13.9. The average molecular weight is 623 g/mol. The average Bonchev–Trinajstić information content (AvgIpc) is 2.86. The Balaban J connectivity index is 1.68. The molecule has 2 rings (SSSR count). The molecule has 0 aliphatic heterocycles. The Morgan fingerprint density at radius 2 is 0.773 bits per heavy atom. The number of carbonyl (C=O) groups is 2. The fourth-order valence-electron chi connectivity index (χ4n) is 8.05. The van der Waals surface area contributed by atoms with Crippen LogP contribution in [0.15, 0.2) is 0 Å². The summed E-state index contributed by atoms with van der Waals surface area (Å²) in [6.07, 6.45) is 6.96. The molecule has 2 N–H and O–H groups in total. The standard InChI is InChI=1S/C38H70O6/c1-35(2,3)27-21-25(22-28(33(27)41)36(4,5)6)15-17-31(39)43-19-13-14-20-44-32(40)18-16-26-23-29(37(7,8)9)34(42)30(24-26)38(10,11)12/h25-30,33-34,41-42H,13-24H2,1-12H3. The summed E-state index contributed by atoms with van der Waals surface area (Å²) in [4.78, 5) is 25.0. The second kappa shape index (κ2) is 15.6. The van der Waals surface area contributed by atoms with Gasteiger partial charge in [0, 0.05) is 12.8 Å². The van der Waals surface area contributed by atoms with E-state index in [1.807, 2.05) is 0 Å². The summed E-state index contributed by atoms with van der Waals surface area (Å²) < 4.78 is 11.0. The molecule has 0 radical (unpaired) electrons. The normalized spacial score (nSPS) is 30.6. The number of rotatable bonds is 11. The monoisotopic (exact) mass is 623 g/mol. The third-order valence-corrected chi connectivity index (χ3v) is 11.0. The van der Waals surface area contributed by atoms with Crippen molar-refractivity contribution in [2.75, 3.05) is 13.2 Å². The van der Waals surface area contributed by atoms with Crippen molar-refractivity contribution < 1.29 is 29.3 Å². The molecule has 2 saturated carbocycles. The predicted molar refractivity (Wildman–Crippen MR) is 179 cm³/mol. The molecule has 0 aromatic carbocycles. The van der Waals surface area contributed by atoms with Crippen LogP contribution in [0.3, 0.4) is 0 Å². The summed E-state index contributed by atoms with van der Waals surface area (Å²) >= 11 is 0. The number of hydrogen-bond acceptors (Lipinski definition) is 6. The van der Waals surface area contributed by atoms with Crippen LogP contribution >= 0.6 is 0 Å². The van der Waals surface area contributed by atoms with Gasteiger partial charge in [-0.25, -0.2) is 0 Å². The Bertz CT molecular complexity index is 776. The van der Waals surface area contributed by atoms with Gasteiger partial charge in [0.05, 0.1) is 25.4 Å². The van der Waals surface area contributed by atoms with Crippen molar-refractivity contribution in [2.24, 2.45) is 57.2 Å². The van der Waals surface area contributed by atoms with Crippen molar-refractivity contribution in [3.63, 3.8) is 0 Å². The van der Waals surface area contributed by atoms with Gasteiger partial charge in [-0.05, 0) is 109 Å². The molecular weight excluding hydrogens is 552 g/mol. The summed E-state index contributed by atoms with van der Waals surface area (Å²) in [6.45, 7) is 27.2. The minimum atomic E-state index is -0.310. The quantitative estimate of drug-likeness (QED) is 0.177. The van der Waals surface area contributed by atoms with Crippen LogP contribution in [-0.2, 0) is 19.1 Å². The van der Waals surface area contributed by atoms with Crippen LogP contribution in [0.4, 0.5) is 0 Å². The molecule has 0 aromatic rings. The van der Waals surface area contributed by atoms with Gasteiger partial charge in [0.25, 0.3) is 0 Å². The summed E-state index contributed by atoms with van der Waals surface area (Å²) in [6, 6.07) is 0. The van der Waals surface area contributed by atoms with Gasteiger partial charge >= 0.3 is 11.9 Å².